The summed E-state index contributed by atoms with van der Waals surface area (Å²) in [5.41, 5.74) is -0.627. The van der Waals surface area contributed by atoms with Gasteiger partial charge in [-0.15, -0.1) is 0 Å². The molecule has 0 radical (unpaired) electrons. The average Bonchev–Trinajstić information content (AvgIpc) is 2.52. The summed E-state index contributed by atoms with van der Waals surface area (Å²) in [6, 6.07) is 4.01. The number of hydrogen-bond acceptors (Lipinski definition) is 5. The third-order valence-corrected chi connectivity index (χ3v) is 3.95. The van der Waals surface area contributed by atoms with Crippen molar-refractivity contribution in [3.63, 3.8) is 0 Å². The molecule has 0 aliphatic carbocycles. The lowest BCUT2D eigenvalue weighted by molar-refractivity contribution is -0.385. The van der Waals surface area contributed by atoms with Crippen LogP contribution in [-0.4, -0.2) is 53.9 Å². The number of amides is 2. The highest BCUT2D eigenvalue weighted by Crippen LogP contribution is 2.25. The monoisotopic (exact) mass is 340 g/mol. The minimum absolute atomic E-state index is 0.0281. The molecule has 0 spiro atoms. The Hall–Kier alpha value is -2.19. The van der Waals surface area contributed by atoms with Gasteiger partial charge in [0, 0.05) is 31.7 Å². The minimum atomic E-state index is -0.738. The molecule has 1 fully saturated rings. The van der Waals surface area contributed by atoms with Gasteiger partial charge < -0.3 is 15.5 Å². The van der Waals surface area contributed by atoms with E-state index in [0.717, 1.165) is 0 Å². The quantitative estimate of drug-likeness (QED) is 0.623. The van der Waals surface area contributed by atoms with E-state index in [1.807, 2.05) is 6.92 Å². The zero-order valence-corrected chi connectivity index (χ0v) is 13.3. The molecule has 8 nitrogen and oxygen atoms in total. The first-order valence-corrected chi connectivity index (χ1v) is 7.51. The average molecular weight is 341 g/mol. The lowest BCUT2D eigenvalue weighted by atomic mass is 10.1. The van der Waals surface area contributed by atoms with Crippen LogP contribution in [0.1, 0.15) is 17.3 Å². The second kappa shape index (κ2) is 7.38. The van der Waals surface area contributed by atoms with Crippen molar-refractivity contribution >= 4 is 29.1 Å². The molecular formula is C14H17ClN4O4. The molecule has 2 N–H and O–H groups in total. The second-order valence-corrected chi connectivity index (χ2v) is 5.62. The lowest BCUT2D eigenvalue weighted by Crippen LogP contribution is -2.54. The topological polar surface area (TPSA) is 105 Å². The highest BCUT2D eigenvalue weighted by molar-refractivity contribution is 6.34. The van der Waals surface area contributed by atoms with Gasteiger partial charge in [-0.3, -0.25) is 19.7 Å². The van der Waals surface area contributed by atoms with E-state index in [-0.39, 0.29) is 29.1 Å². The molecule has 1 heterocycles. The summed E-state index contributed by atoms with van der Waals surface area (Å²) in [5.74, 6) is -0.972. The number of nitrogens with one attached hydrogen (secondary N) is 2. The number of hydrogen-bond donors (Lipinski definition) is 2. The largest absolute Gasteiger partial charge is 0.343 e. The van der Waals surface area contributed by atoms with Crippen molar-refractivity contribution < 1.29 is 14.5 Å². The molecule has 2 rings (SSSR count). The Balaban J connectivity index is 2.05. The zero-order chi connectivity index (χ0) is 17.0. The van der Waals surface area contributed by atoms with Crippen LogP contribution in [0.2, 0.25) is 5.02 Å². The number of carbonyl (C=O) groups excluding carboxylic acids is 2. The fourth-order valence-corrected chi connectivity index (χ4v) is 2.70. The van der Waals surface area contributed by atoms with Crippen LogP contribution < -0.4 is 10.6 Å². The van der Waals surface area contributed by atoms with E-state index >= 15 is 0 Å². The molecule has 1 aromatic carbocycles. The van der Waals surface area contributed by atoms with Crippen LogP contribution in [0.3, 0.4) is 0 Å². The van der Waals surface area contributed by atoms with Gasteiger partial charge in [0.25, 0.3) is 11.6 Å². The van der Waals surface area contributed by atoms with Crippen LogP contribution in [0, 0.1) is 10.1 Å². The minimum Gasteiger partial charge on any atom is -0.343 e. The summed E-state index contributed by atoms with van der Waals surface area (Å²) in [6.07, 6.45) is 0. The Morgan fingerprint density at radius 3 is 2.91 bits per heavy atom. The fraction of sp³-hybridized carbons (Fsp3) is 0.429. The number of halogens is 1. The van der Waals surface area contributed by atoms with Crippen LogP contribution >= 0.6 is 11.6 Å². The first kappa shape index (κ1) is 17.2. The van der Waals surface area contributed by atoms with Gasteiger partial charge in [0.05, 0.1) is 16.5 Å². The van der Waals surface area contributed by atoms with Crippen molar-refractivity contribution in [1.82, 2.24) is 15.5 Å². The van der Waals surface area contributed by atoms with E-state index in [1.54, 1.807) is 4.90 Å². The Bertz CT molecular complexity index is 637. The van der Waals surface area contributed by atoms with E-state index in [0.29, 0.717) is 19.6 Å². The van der Waals surface area contributed by atoms with Gasteiger partial charge in [0.1, 0.15) is 5.56 Å². The molecule has 1 aliphatic heterocycles. The van der Waals surface area contributed by atoms with Crippen molar-refractivity contribution in [3.05, 3.63) is 38.9 Å². The van der Waals surface area contributed by atoms with E-state index in [1.165, 1.54) is 18.2 Å². The molecule has 0 bridgehead atoms. The van der Waals surface area contributed by atoms with Crippen molar-refractivity contribution in [2.45, 2.75) is 13.0 Å². The van der Waals surface area contributed by atoms with Crippen molar-refractivity contribution in [3.8, 4) is 0 Å². The Labute approximate surface area is 137 Å². The maximum absolute atomic E-state index is 12.2. The highest BCUT2D eigenvalue weighted by atomic mass is 35.5. The fourth-order valence-electron chi connectivity index (χ4n) is 2.45. The SMILES string of the molecule is C[C@H]1CNCCN1C(=O)CNC(=O)c1c(Cl)cccc1[N+](=O)[O-]. The van der Waals surface area contributed by atoms with Gasteiger partial charge in [-0.25, -0.2) is 0 Å². The van der Waals surface area contributed by atoms with Crippen LogP contribution in [0.4, 0.5) is 5.69 Å². The molecular weight excluding hydrogens is 324 g/mol. The summed E-state index contributed by atoms with van der Waals surface area (Å²) in [5, 5.41) is 16.5. The summed E-state index contributed by atoms with van der Waals surface area (Å²) in [4.78, 5) is 36.3. The van der Waals surface area contributed by atoms with Crippen molar-refractivity contribution in [2.24, 2.45) is 0 Å². The molecule has 0 aromatic heterocycles. The van der Waals surface area contributed by atoms with Crippen LogP contribution in [0.5, 0.6) is 0 Å². The maximum Gasteiger partial charge on any atom is 0.283 e. The number of nitrogens with zero attached hydrogens (tertiary/aromatic N) is 2. The molecule has 1 aliphatic rings. The van der Waals surface area contributed by atoms with Gasteiger partial charge in [-0.05, 0) is 13.0 Å². The maximum atomic E-state index is 12.2. The van der Waals surface area contributed by atoms with E-state index in [4.69, 9.17) is 11.6 Å². The van der Waals surface area contributed by atoms with Crippen LogP contribution in [0.25, 0.3) is 0 Å². The lowest BCUT2D eigenvalue weighted by Gasteiger charge is -2.34. The van der Waals surface area contributed by atoms with Gasteiger partial charge in [0.15, 0.2) is 0 Å². The highest BCUT2D eigenvalue weighted by Gasteiger charge is 2.26. The van der Waals surface area contributed by atoms with Crippen LogP contribution in [0.15, 0.2) is 18.2 Å². The summed E-state index contributed by atoms with van der Waals surface area (Å²) in [6.45, 7) is 3.62. The number of nitro groups is 1. The predicted molar refractivity (Wildman–Crippen MR) is 84.5 cm³/mol. The number of piperazine rings is 1. The molecule has 124 valence electrons. The van der Waals surface area contributed by atoms with Crippen molar-refractivity contribution in [2.75, 3.05) is 26.2 Å². The van der Waals surface area contributed by atoms with E-state index < -0.39 is 16.5 Å². The summed E-state index contributed by atoms with van der Waals surface area (Å²) in [7, 11) is 0. The Morgan fingerprint density at radius 2 is 2.26 bits per heavy atom. The molecule has 9 heteroatoms. The van der Waals surface area contributed by atoms with Gasteiger partial charge >= 0.3 is 0 Å². The third kappa shape index (κ3) is 3.96. The Kier molecular flexibility index (Phi) is 5.51. The van der Waals surface area contributed by atoms with E-state index in [9.17, 15) is 19.7 Å². The molecule has 1 saturated heterocycles. The second-order valence-electron chi connectivity index (χ2n) is 5.21. The van der Waals surface area contributed by atoms with Gasteiger partial charge in [-0.2, -0.15) is 0 Å². The van der Waals surface area contributed by atoms with Gasteiger partial charge in [0.2, 0.25) is 5.91 Å². The smallest absolute Gasteiger partial charge is 0.283 e. The van der Waals surface area contributed by atoms with E-state index in [2.05, 4.69) is 10.6 Å². The molecule has 2 amide bonds. The molecule has 0 saturated carbocycles. The molecule has 0 unspecified atom stereocenters. The molecule has 1 aromatic rings. The third-order valence-electron chi connectivity index (χ3n) is 3.64. The zero-order valence-electron chi connectivity index (χ0n) is 12.5. The first-order chi connectivity index (χ1) is 10.9. The first-order valence-electron chi connectivity index (χ1n) is 7.13. The number of nitro benzene ring substituents is 1. The number of rotatable bonds is 4. The van der Waals surface area contributed by atoms with Crippen molar-refractivity contribution in [1.29, 1.82) is 0 Å². The standard InChI is InChI=1S/C14H17ClN4O4/c1-9-7-16-5-6-18(9)12(20)8-17-14(21)13-10(15)3-2-4-11(13)19(22)23/h2-4,9,16H,5-8H2,1H3,(H,17,21)/t9-/m0/s1. The summed E-state index contributed by atoms with van der Waals surface area (Å²) < 4.78 is 0. The Morgan fingerprint density at radius 1 is 1.52 bits per heavy atom. The predicted octanol–water partition coefficient (Wildman–Crippen LogP) is 0.798. The number of carbonyl (C=O) groups is 2. The van der Waals surface area contributed by atoms with Crippen LogP contribution in [-0.2, 0) is 4.79 Å². The number of benzene rings is 1. The summed E-state index contributed by atoms with van der Waals surface area (Å²) >= 11 is 5.89. The normalized spacial score (nSPS) is 17.7. The van der Waals surface area contributed by atoms with Gasteiger partial charge in [-0.1, -0.05) is 17.7 Å². The molecule has 1 atom stereocenters. The molecule has 23 heavy (non-hydrogen) atoms.